The van der Waals surface area contributed by atoms with Gasteiger partial charge in [0.25, 0.3) is 10.0 Å². The fourth-order valence-corrected chi connectivity index (χ4v) is 4.38. The number of aliphatic carboxylic acids is 1. The van der Waals surface area contributed by atoms with E-state index in [1.165, 1.54) is 37.3 Å². The lowest BCUT2D eigenvalue weighted by Gasteiger charge is -2.28. The van der Waals surface area contributed by atoms with E-state index in [1.807, 2.05) is 0 Å². The number of nitrogens with zero attached hydrogens (tertiary/aromatic N) is 1. The number of hydrogen-bond donors (Lipinski definition) is 1. The van der Waals surface area contributed by atoms with Gasteiger partial charge in [-0.05, 0) is 37.3 Å². The average molecular weight is 374 g/mol. The van der Waals surface area contributed by atoms with E-state index in [1.54, 1.807) is 18.2 Å². The van der Waals surface area contributed by atoms with E-state index in [0.717, 1.165) is 4.31 Å². The van der Waals surface area contributed by atoms with E-state index >= 15 is 0 Å². The van der Waals surface area contributed by atoms with Crippen molar-refractivity contribution in [3.05, 3.63) is 58.6 Å². The Morgan fingerprint density at radius 3 is 2.30 bits per heavy atom. The Bertz CT molecular complexity index is 825. The first-order valence-electron chi connectivity index (χ1n) is 6.52. The largest absolute Gasteiger partial charge is 0.480 e. The maximum Gasteiger partial charge on any atom is 0.327 e. The number of halogens is 2. The van der Waals surface area contributed by atoms with Gasteiger partial charge in [0.1, 0.15) is 10.9 Å². The summed E-state index contributed by atoms with van der Waals surface area (Å²) in [5.41, 5.74) is 0.221. The average Bonchev–Trinajstić information content (AvgIpc) is 2.50. The van der Waals surface area contributed by atoms with Crippen molar-refractivity contribution in [1.82, 2.24) is 0 Å². The monoisotopic (exact) mass is 373 g/mol. The van der Waals surface area contributed by atoms with Gasteiger partial charge < -0.3 is 5.11 Å². The molecule has 2 aromatic carbocycles. The second-order valence-electron chi connectivity index (χ2n) is 4.73. The molecule has 1 N–H and O–H groups in total. The molecule has 0 bridgehead atoms. The molecule has 1 unspecified atom stereocenters. The van der Waals surface area contributed by atoms with Crippen molar-refractivity contribution >= 4 is 44.9 Å². The highest BCUT2D eigenvalue weighted by Gasteiger charge is 2.34. The number of benzene rings is 2. The number of rotatable bonds is 5. The molecule has 23 heavy (non-hydrogen) atoms. The van der Waals surface area contributed by atoms with Gasteiger partial charge in [-0.2, -0.15) is 0 Å². The Hall–Kier alpha value is -1.76. The summed E-state index contributed by atoms with van der Waals surface area (Å²) < 4.78 is 26.8. The maximum atomic E-state index is 13.0. The van der Waals surface area contributed by atoms with Crippen molar-refractivity contribution in [2.45, 2.75) is 17.9 Å². The molecule has 0 radical (unpaired) electrons. The van der Waals surface area contributed by atoms with Crippen LogP contribution in [0.2, 0.25) is 10.0 Å². The molecule has 0 aromatic heterocycles. The molecule has 0 aliphatic carbocycles. The Kier molecular flexibility index (Phi) is 5.19. The van der Waals surface area contributed by atoms with Crippen LogP contribution in [0.4, 0.5) is 5.69 Å². The summed E-state index contributed by atoms with van der Waals surface area (Å²) >= 11 is 11.8. The minimum atomic E-state index is -4.22. The van der Waals surface area contributed by atoms with Crippen molar-refractivity contribution in [2.75, 3.05) is 4.31 Å². The predicted octanol–water partition coefficient (Wildman–Crippen LogP) is 3.66. The lowest BCUT2D eigenvalue weighted by atomic mass is 10.2. The van der Waals surface area contributed by atoms with Crippen LogP contribution in [0, 0.1) is 0 Å². The first-order valence-corrected chi connectivity index (χ1v) is 8.72. The lowest BCUT2D eigenvalue weighted by molar-refractivity contribution is -0.137. The zero-order valence-corrected chi connectivity index (χ0v) is 14.3. The van der Waals surface area contributed by atoms with E-state index in [9.17, 15) is 18.3 Å². The molecule has 2 rings (SSSR count). The fourth-order valence-electron chi connectivity index (χ4n) is 2.03. The highest BCUT2D eigenvalue weighted by atomic mass is 35.5. The molecule has 5 nitrogen and oxygen atoms in total. The van der Waals surface area contributed by atoms with E-state index in [-0.39, 0.29) is 20.6 Å². The minimum Gasteiger partial charge on any atom is -0.480 e. The van der Waals surface area contributed by atoms with E-state index in [4.69, 9.17) is 23.2 Å². The van der Waals surface area contributed by atoms with Crippen molar-refractivity contribution in [3.8, 4) is 0 Å². The third-order valence-electron chi connectivity index (χ3n) is 3.15. The maximum absolute atomic E-state index is 13.0. The fraction of sp³-hybridized carbons (Fsp3) is 0.133. The molecule has 0 amide bonds. The van der Waals surface area contributed by atoms with Gasteiger partial charge in [0.2, 0.25) is 0 Å². The number of hydrogen-bond acceptors (Lipinski definition) is 3. The van der Waals surface area contributed by atoms with Gasteiger partial charge in [0.05, 0.1) is 10.7 Å². The summed E-state index contributed by atoms with van der Waals surface area (Å²) in [7, 11) is -4.22. The third kappa shape index (κ3) is 3.60. The Morgan fingerprint density at radius 2 is 1.74 bits per heavy atom. The van der Waals surface area contributed by atoms with Crippen molar-refractivity contribution in [2.24, 2.45) is 0 Å². The Morgan fingerprint density at radius 1 is 1.13 bits per heavy atom. The molecule has 0 heterocycles. The number of anilines is 1. The van der Waals surface area contributed by atoms with E-state index < -0.39 is 22.0 Å². The zero-order chi connectivity index (χ0) is 17.2. The number of carboxylic acids is 1. The molecule has 0 aliphatic rings. The summed E-state index contributed by atoms with van der Waals surface area (Å²) in [6.45, 7) is 1.28. The van der Waals surface area contributed by atoms with Crippen molar-refractivity contribution in [3.63, 3.8) is 0 Å². The summed E-state index contributed by atoms with van der Waals surface area (Å²) in [5.74, 6) is -1.28. The van der Waals surface area contributed by atoms with Crippen LogP contribution in [0.3, 0.4) is 0 Å². The van der Waals surface area contributed by atoms with Crippen LogP contribution in [-0.2, 0) is 14.8 Å². The lowest BCUT2D eigenvalue weighted by Crippen LogP contribution is -2.43. The second kappa shape index (κ2) is 6.78. The minimum absolute atomic E-state index is 0.0343. The van der Waals surface area contributed by atoms with Crippen LogP contribution in [0.15, 0.2) is 53.4 Å². The third-order valence-corrected chi connectivity index (χ3v) is 5.77. The Labute approximate surface area is 144 Å². The van der Waals surface area contributed by atoms with Crippen LogP contribution < -0.4 is 4.31 Å². The molecule has 0 aliphatic heterocycles. The second-order valence-corrected chi connectivity index (χ2v) is 7.35. The SMILES string of the molecule is CC(C(=O)O)N(c1ccccc1)S(=O)(=O)c1cc(Cl)ccc1Cl. The zero-order valence-electron chi connectivity index (χ0n) is 12.0. The predicted molar refractivity (Wildman–Crippen MR) is 89.7 cm³/mol. The van der Waals surface area contributed by atoms with Gasteiger partial charge in [-0.1, -0.05) is 41.4 Å². The molecule has 122 valence electrons. The smallest absolute Gasteiger partial charge is 0.327 e. The van der Waals surface area contributed by atoms with Crippen LogP contribution in [0.1, 0.15) is 6.92 Å². The number of carboxylic acid groups (broad SMARTS) is 1. The topological polar surface area (TPSA) is 74.7 Å². The highest BCUT2D eigenvalue weighted by Crippen LogP contribution is 2.32. The molecular weight excluding hydrogens is 361 g/mol. The van der Waals surface area contributed by atoms with E-state index in [0.29, 0.717) is 0 Å². The molecular formula is C15H13Cl2NO4S. The summed E-state index contributed by atoms with van der Waals surface area (Å²) in [6, 6.07) is 10.6. The molecule has 1 atom stereocenters. The molecule has 0 fully saturated rings. The van der Waals surface area contributed by atoms with Gasteiger partial charge in [-0.15, -0.1) is 0 Å². The van der Waals surface area contributed by atoms with Gasteiger partial charge in [0, 0.05) is 5.02 Å². The summed E-state index contributed by atoms with van der Waals surface area (Å²) in [6.07, 6.45) is 0. The van der Waals surface area contributed by atoms with Crippen LogP contribution in [-0.4, -0.2) is 25.5 Å². The summed E-state index contributed by atoms with van der Waals surface area (Å²) in [5, 5.41) is 9.43. The quantitative estimate of drug-likeness (QED) is 0.867. The number of para-hydroxylation sites is 1. The van der Waals surface area contributed by atoms with Crippen molar-refractivity contribution in [1.29, 1.82) is 0 Å². The number of sulfonamides is 1. The summed E-state index contributed by atoms with van der Waals surface area (Å²) in [4.78, 5) is 11.1. The van der Waals surface area contributed by atoms with Gasteiger partial charge in [0.15, 0.2) is 0 Å². The molecule has 8 heteroatoms. The molecule has 0 saturated heterocycles. The first-order chi connectivity index (χ1) is 10.7. The van der Waals surface area contributed by atoms with Crippen molar-refractivity contribution < 1.29 is 18.3 Å². The molecule has 2 aromatic rings. The van der Waals surface area contributed by atoms with Crippen LogP contribution in [0.25, 0.3) is 0 Å². The molecule has 0 saturated carbocycles. The van der Waals surface area contributed by atoms with Gasteiger partial charge >= 0.3 is 5.97 Å². The van der Waals surface area contributed by atoms with E-state index in [2.05, 4.69) is 0 Å². The van der Waals surface area contributed by atoms with Crippen LogP contribution >= 0.6 is 23.2 Å². The number of carbonyl (C=O) groups is 1. The van der Waals surface area contributed by atoms with Gasteiger partial charge in [-0.3, -0.25) is 4.31 Å². The normalized spacial score (nSPS) is 12.7. The molecule has 0 spiro atoms. The standard InChI is InChI=1S/C15H13Cl2NO4S/c1-10(15(19)20)18(12-5-3-2-4-6-12)23(21,22)14-9-11(16)7-8-13(14)17/h2-10H,1H3,(H,19,20). The highest BCUT2D eigenvalue weighted by molar-refractivity contribution is 7.93. The Balaban J connectivity index is 2.67. The van der Waals surface area contributed by atoms with Crippen LogP contribution in [0.5, 0.6) is 0 Å². The van der Waals surface area contributed by atoms with Gasteiger partial charge in [-0.25, -0.2) is 13.2 Å². The first kappa shape index (κ1) is 17.6.